The molecule has 48 heavy (non-hydrogen) atoms. The van der Waals surface area contributed by atoms with Crippen molar-refractivity contribution in [2.24, 2.45) is 11.7 Å². The fraction of sp³-hybridized carbons (Fsp3) is 0.500. The van der Waals surface area contributed by atoms with Gasteiger partial charge in [-0.1, -0.05) is 35.3 Å². The summed E-state index contributed by atoms with van der Waals surface area (Å²) in [5, 5.41) is 5.09. The van der Waals surface area contributed by atoms with Gasteiger partial charge in [0.1, 0.15) is 17.9 Å². The summed E-state index contributed by atoms with van der Waals surface area (Å²) in [5.74, 6) is -0.219. The Morgan fingerprint density at radius 1 is 0.938 bits per heavy atom. The summed E-state index contributed by atoms with van der Waals surface area (Å²) in [4.78, 5) is 18.3. The standard InChI is InChI=1S/C24H28ClFN6O2.C10H13ClN2.ClH/c1-24(2)33-20-14(10-26)8-18(21(20)34-24)32-13-29-19-22(27-12-28-23(19)32)30-16-6-7-31(11-16)17-5-3-4-15(25)9-17;11-8-2-1-3-10(6-8)13-5-4-9(12)7-13;/h3-5,9,12-14,16,18,20-21H,6-8,10-11H2,1-2H3,(H,27,28,30);1-3,6,9H,4-5,7,12H2;1H/t14-,16+,18-,20-,21+;9-;/m10./s1. The SMILES string of the molecule is CC1(C)O[C@@H]2[C@@H](CF)C[C@@H](n3cnc4c(N[C@H]5CCN(c6cccc(Cl)c6)C5)ncnc43)[C@@H]2O1.Cl.N[C@H]1CCN(c2cccc(Cl)c2)C1. The zero-order valence-electron chi connectivity index (χ0n) is 27.0. The van der Waals surface area contributed by atoms with Crippen molar-refractivity contribution in [2.45, 2.75) is 69.2 Å². The van der Waals surface area contributed by atoms with Crippen LogP contribution < -0.4 is 20.9 Å². The molecule has 4 fully saturated rings. The topological polar surface area (TPSA) is 107 Å². The Bertz CT molecular complexity index is 1710. The van der Waals surface area contributed by atoms with E-state index in [4.69, 9.17) is 38.4 Å². The minimum absolute atomic E-state index is 0. The van der Waals surface area contributed by atoms with Crippen molar-refractivity contribution in [1.82, 2.24) is 19.5 Å². The average molecular weight is 720 g/mol. The molecule has 0 spiro atoms. The molecule has 3 N–H and O–H groups in total. The number of benzene rings is 2. The van der Waals surface area contributed by atoms with E-state index >= 15 is 0 Å². The summed E-state index contributed by atoms with van der Waals surface area (Å²) in [6, 6.07) is 16.3. The van der Waals surface area contributed by atoms with E-state index in [1.54, 1.807) is 12.7 Å². The Labute approximate surface area is 296 Å². The molecule has 3 aliphatic heterocycles. The van der Waals surface area contributed by atoms with Crippen molar-refractivity contribution in [3.05, 3.63) is 71.2 Å². The van der Waals surface area contributed by atoms with Gasteiger partial charge in [-0.25, -0.2) is 15.0 Å². The first-order valence-electron chi connectivity index (χ1n) is 16.3. The molecule has 2 aromatic heterocycles. The van der Waals surface area contributed by atoms with E-state index in [1.165, 1.54) is 5.69 Å². The van der Waals surface area contributed by atoms with Crippen molar-refractivity contribution in [3.63, 3.8) is 0 Å². The molecular weight excluding hydrogens is 678 g/mol. The number of ether oxygens (including phenoxy) is 2. The fourth-order valence-corrected chi connectivity index (χ4v) is 7.72. The Morgan fingerprint density at radius 3 is 2.25 bits per heavy atom. The number of hydrogen-bond donors (Lipinski definition) is 2. The van der Waals surface area contributed by atoms with Crippen LogP contribution in [0, 0.1) is 5.92 Å². The maximum absolute atomic E-state index is 13.8. The summed E-state index contributed by atoms with van der Waals surface area (Å²) in [6.45, 7) is 7.09. The van der Waals surface area contributed by atoms with Crippen molar-refractivity contribution in [3.8, 4) is 0 Å². The highest BCUT2D eigenvalue weighted by Gasteiger charge is 2.54. The molecule has 5 heterocycles. The second-order valence-electron chi connectivity index (χ2n) is 13.4. The molecule has 6 atom stereocenters. The molecule has 0 radical (unpaired) electrons. The van der Waals surface area contributed by atoms with Gasteiger partial charge in [-0.15, -0.1) is 12.4 Å². The van der Waals surface area contributed by atoms with E-state index in [9.17, 15) is 4.39 Å². The first-order valence-corrected chi connectivity index (χ1v) is 17.1. The lowest BCUT2D eigenvalue weighted by molar-refractivity contribution is -0.160. The number of nitrogens with zero attached hydrogens (tertiary/aromatic N) is 6. The second-order valence-corrected chi connectivity index (χ2v) is 14.2. The van der Waals surface area contributed by atoms with Crippen LogP contribution in [0.1, 0.15) is 39.2 Å². The van der Waals surface area contributed by atoms with Gasteiger partial charge in [0.15, 0.2) is 17.3 Å². The van der Waals surface area contributed by atoms with Crippen molar-refractivity contribution in [1.29, 1.82) is 0 Å². The molecule has 14 heteroatoms. The predicted molar refractivity (Wildman–Crippen MR) is 191 cm³/mol. The molecule has 10 nitrogen and oxygen atoms in total. The second kappa shape index (κ2) is 14.5. The smallest absolute Gasteiger partial charge is 0.165 e. The first-order chi connectivity index (χ1) is 22.7. The predicted octanol–water partition coefficient (Wildman–Crippen LogP) is 6.52. The minimum atomic E-state index is -0.725. The zero-order valence-corrected chi connectivity index (χ0v) is 29.3. The van der Waals surface area contributed by atoms with E-state index in [2.05, 4.69) is 42.2 Å². The lowest BCUT2D eigenvalue weighted by atomic mass is 10.1. The molecule has 0 bridgehead atoms. The number of alkyl halides is 1. The summed E-state index contributed by atoms with van der Waals surface area (Å²) >= 11 is 12.1. The van der Waals surface area contributed by atoms with E-state index in [0.29, 0.717) is 23.8 Å². The average Bonchev–Trinajstić information content (AvgIpc) is 3.87. The molecular formula is C34H42Cl3FN8O2. The van der Waals surface area contributed by atoms with Crippen LogP contribution >= 0.6 is 35.6 Å². The fourth-order valence-electron chi connectivity index (χ4n) is 7.35. The number of rotatable bonds is 6. The quantitative estimate of drug-likeness (QED) is 0.231. The van der Waals surface area contributed by atoms with E-state index in [-0.39, 0.29) is 42.6 Å². The highest BCUT2D eigenvalue weighted by molar-refractivity contribution is 6.31. The Balaban J connectivity index is 0.000000241. The van der Waals surface area contributed by atoms with Crippen molar-refractivity contribution in [2.75, 3.05) is 48.0 Å². The lowest BCUT2D eigenvalue weighted by Crippen LogP contribution is -2.27. The monoisotopic (exact) mass is 718 g/mol. The number of nitrogens with one attached hydrogen (secondary N) is 1. The van der Waals surface area contributed by atoms with Gasteiger partial charge in [-0.2, -0.15) is 0 Å². The Hall–Kier alpha value is -2.93. The normalized spacial score (nSPS) is 27.5. The third-order valence-electron chi connectivity index (χ3n) is 9.57. The number of hydrogen-bond acceptors (Lipinski definition) is 9. The number of halogens is 4. The van der Waals surface area contributed by atoms with Gasteiger partial charge in [-0.05, 0) is 69.5 Å². The van der Waals surface area contributed by atoms with E-state index in [1.807, 2.05) is 54.8 Å². The molecule has 2 aromatic carbocycles. The van der Waals surface area contributed by atoms with Gasteiger partial charge in [0.05, 0.1) is 25.1 Å². The highest BCUT2D eigenvalue weighted by Crippen LogP contribution is 2.47. The van der Waals surface area contributed by atoms with Gasteiger partial charge in [0, 0.05) is 65.6 Å². The van der Waals surface area contributed by atoms with Crippen LogP contribution in [0.2, 0.25) is 10.0 Å². The number of nitrogens with two attached hydrogens (primary N) is 1. The van der Waals surface area contributed by atoms with Gasteiger partial charge in [0.2, 0.25) is 0 Å². The van der Waals surface area contributed by atoms with Gasteiger partial charge < -0.3 is 34.9 Å². The molecule has 0 unspecified atom stereocenters. The minimum Gasteiger partial charge on any atom is -0.370 e. The molecule has 258 valence electrons. The number of fused-ring (bicyclic) bond motifs is 2. The molecule has 0 amide bonds. The van der Waals surface area contributed by atoms with Crippen LogP contribution in [0.25, 0.3) is 11.2 Å². The largest absolute Gasteiger partial charge is 0.370 e. The summed E-state index contributed by atoms with van der Waals surface area (Å²) in [7, 11) is 0. The number of imidazole rings is 1. The Kier molecular flexibility index (Phi) is 10.6. The maximum atomic E-state index is 13.8. The molecule has 4 aromatic rings. The zero-order chi connectivity index (χ0) is 32.7. The molecule has 4 aliphatic rings. The van der Waals surface area contributed by atoms with E-state index < -0.39 is 12.5 Å². The number of anilines is 3. The summed E-state index contributed by atoms with van der Waals surface area (Å²) in [6.07, 6.45) is 5.50. The Morgan fingerprint density at radius 2 is 1.60 bits per heavy atom. The third-order valence-corrected chi connectivity index (χ3v) is 10.0. The number of aromatic nitrogens is 4. The molecule has 1 aliphatic carbocycles. The van der Waals surface area contributed by atoms with Crippen LogP contribution in [0.4, 0.5) is 21.6 Å². The van der Waals surface area contributed by atoms with Gasteiger partial charge in [-0.3, -0.25) is 4.39 Å². The van der Waals surface area contributed by atoms with Gasteiger partial charge in [0.25, 0.3) is 0 Å². The van der Waals surface area contributed by atoms with Crippen LogP contribution in [-0.4, -0.2) is 82.5 Å². The van der Waals surface area contributed by atoms with Gasteiger partial charge >= 0.3 is 0 Å². The van der Waals surface area contributed by atoms with E-state index in [0.717, 1.165) is 60.4 Å². The highest BCUT2D eigenvalue weighted by atomic mass is 35.5. The lowest BCUT2D eigenvalue weighted by Gasteiger charge is -2.23. The van der Waals surface area contributed by atoms with Crippen LogP contribution in [0.15, 0.2) is 61.2 Å². The third kappa shape index (κ3) is 7.32. The van der Waals surface area contributed by atoms with Crippen molar-refractivity contribution >= 4 is 64.0 Å². The first kappa shape index (κ1) is 34.9. The molecule has 1 saturated carbocycles. The molecule has 3 saturated heterocycles. The van der Waals surface area contributed by atoms with Crippen LogP contribution in [0.3, 0.4) is 0 Å². The summed E-state index contributed by atoms with van der Waals surface area (Å²) < 4.78 is 28.0. The van der Waals surface area contributed by atoms with Crippen LogP contribution in [0.5, 0.6) is 0 Å². The molecule has 8 rings (SSSR count). The van der Waals surface area contributed by atoms with Crippen molar-refractivity contribution < 1.29 is 13.9 Å². The van der Waals surface area contributed by atoms with Crippen LogP contribution in [-0.2, 0) is 9.47 Å². The summed E-state index contributed by atoms with van der Waals surface area (Å²) in [5.41, 5.74) is 9.56. The maximum Gasteiger partial charge on any atom is 0.165 e.